The standard InChI is InChI=1S/C14H16FN3/c1-10-3-4-11(9-16)14(17-10)18(2)13-7-5-12(15)6-8-13/h3-8H,9,16H2,1-2H3. The number of hydrogen-bond acceptors (Lipinski definition) is 3. The van der Waals surface area contributed by atoms with Crippen molar-refractivity contribution >= 4 is 11.5 Å². The first-order valence-corrected chi connectivity index (χ1v) is 5.77. The van der Waals surface area contributed by atoms with Gasteiger partial charge in [0.1, 0.15) is 11.6 Å². The zero-order chi connectivity index (χ0) is 13.1. The van der Waals surface area contributed by atoms with Crippen LogP contribution >= 0.6 is 0 Å². The number of anilines is 2. The SMILES string of the molecule is Cc1ccc(CN)c(N(C)c2ccc(F)cc2)n1. The number of benzene rings is 1. The Balaban J connectivity index is 2.41. The van der Waals surface area contributed by atoms with Gasteiger partial charge in [-0.05, 0) is 37.3 Å². The van der Waals surface area contributed by atoms with Crippen molar-refractivity contribution in [3.63, 3.8) is 0 Å². The van der Waals surface area contributed by atoms with Gasteiger partial charge in [-0.3, -0.25) is 0 Å². The van der Waals surface area contributed by atoms with Gasteiger partial charge in [0.25, 0.3) is 0 Å². The Morgan fingerprint density at radius 1 is 1.17 bits per heavy atom. The Hall–Kier alpha value is -1.94. The third-order valence-electron chi connectivity index (χ3n) is 2.85. The van der Waals surface area contributed by atoms with Crippen LogP contribution in [0.3, 0.4) is 0 Å². The molecule has 2 N–H and O–H groups in total. The molecule has 0 saturated carbocycles. The molecular formula is C14H16FN3. The zero-order valence-electron chi connectivity index (χ0n) is 10.5. The minimum absolute atomic E-state index is 0.247. The van der Waals surface area contributed by atoms with Crippen molar-refractivity contribution < 1.29 is 4.39 Å². The zero-order valence-corrected chi connectivity index (χ0v) is 10.5. The molecule has 1 aromatic heterocycles. The van der Waals surface area contributed by atoms with E-state index in [-0.39, 0.29) is 5.82 Å². The molecule has 0 unspecified atom stereocenters. The number of aromatic nitrogens is 1. The molecule has 18 heavy (non-hydrogen) atoms. The van der Waals surface area contributed by atoms with E-state index in [1.165, 1.54) is 12.1 Å². The van der Waals surface area contributed by atoms with Crippen LogP contribution in [0.25, 0.3) is 0 Å². The van der Waals surface area contributed by atoms with Gasteiger partial charge in [-0.25, -0.2) is 9.37 Å². The Morgan fingerprint density at radius 2 is 1.83 bits per heavy atom. The third-order valence-corrected chi connectivity index (χ3v) is 2.85. The largest absolute Gasteiger partial charge is 0.329 e. The van der Waals surface area contributed by atoms with Gasteiger partial charge in [0.05, 0.1) is 0 Å². The summed E-state index contributed by atoms with van der Waals surface area (Å²) in [5, 5.41) is 0. The predicted molar refractivity (Wildman–Crippen MR) is 71.3 cm³/mol. The highest BCUT2D eigenvalue weighted by Gasteiger charge is 2.10. The number of halogens is 1. The Bertz CT molecular complexity index is 537. The molecule has 0 radical (unpaired) electrons. The van der Waals surface area contributed by atoms with E-state index in [1.807, 2.05) is 31.0 Å². The quantitative estimate of drug-likeness (QED) is 0.904. The highest BCUT2D eigenvalue weighted by molar-refractivity contribution is 5.62. The van der Waals surface area contributed by atoms with Gasteiger partial charge in [0.15, 0.2) is 0 Å². The summed E-state index contributed by atoms with van der Waals surface area (Å²) in [6.07, 6.45) is 0. The molecule has 1 aromatic carbocycles. The molecule has 3 nitrogen and oxygen atoms in total. The lowest BCUT2D eigenvalue weighted by molar-refractivity contribution is 0.628. The van der Waals surface area contributed by atoms with E-state index in [0.29, 0.717) is 6.54 Å². The highest BCUT2D eigenvalue weighted by atomic mass is 19.1. The van der Waals surface area contributed by atoms with Crippen LogP contribution < -0.4 is 10.6 Å². The van der Waals surface area contributed by atoms with Crippen molar-refractivity contribution in [2.75, 3.05) is 11.9 Å². The molecule has 94 valence electrons. The van der Waals surface area contributed by atoms with Crippen LogP contribution in [0.1, 0.15) is 11.3 Å². The van der Waals surface area contributed by atoms with Gasteiger partial charge >= 0.3 is 0 Å². The smallest absolute Gasteiger partial charge is 0.137 e. The molecule has 0 spiro atoms. The summed E-state index contributed by atoms with van der Waals surface area (Å²) in [4.78, 5) is 6.41. The summed E-state index contributed by atoms with van der Waals surface area (Å²) in [5.74, 6) is 0.563. The Labute approximate surface area is 106 Å². The summed E-state index contributed by atoms with van der Waals surface area (Å²) in [7, 11) is 1.90. The van der Waals surface area contributed by atoms with E-state index < -0.39 is 0 Å². The Morgan fingerprint density at radius 3 is 2.44 bits per heavy atom. The molecule has 0 aliphatic rings. The fraction of sp³-hybridized carbons (Fsp3) is 0.214. The summed E-state index contributed by atoms with van der Waals surface area (Å²) in [5.41, 5.74) is 8.49. The first-order chi connectivity index (χ1) is 8.61. The number of hydrogen-bond donors (Lipinski definition) is 1. The predicted octanol–water partition coefficient (Wildman–Crippen LogP) is 2.76. The van der Waals surface area contributed by atoms with Crippen molar-refractivity contribution in [2.24, 2.45) is 5.73 Å². The van der Waals surface area contributed by atoms with E-state index in [9.17, 15) is 4.39 Å². The van der Waals surface area contributed by atoms with E-state index in [1.54, 1.807) is 12.1 Å². The van der Waals surface area contributed by atoms with Crippen molar-refractivity contribution in [3.8, 4) is 0 Å². The first-order valence-electron chi connectivity index (χ1n) is 5.77. The van der Waals surface area contributed by atoms with Crippen LogP contribution in [-0.2, 0) is 6.54 Å². The number of pyridine rings is 1. The molecule has 0 saturated heterocycles. The van der Waals surface area contributed by atoms with E-state index >= 15 is 0 Å². The second-order valence-corrected chi connectivity index (χ2v) is 4.17. The fourth-order valence-corrected chi connectivity index (χ4v) is 1.81. The molecule has 0 fully saturated rings. The van der Waals surface area contributed by atoms with Gasteiger partial charge in [0.2, 0.25) is 0 Å². The highest BCUT2D eigenvalue weighted by Crippen LogP contribution is 2.25. The summed E-state index contributed by atoms with van der Waals surface area (Å²) in [6, 6.07) is 10.2. The molecule has 1 heterocycles. The minimum Gasteiger partial charge on any atom is -0.329 e. The lowest BCUT2D eigenvalue weighted by Crippen LogP contribution is -2.15. The monoisotopic (exact) mass is 245 g/mol. The number of nitrogens with two attached hydrogens (primary N) is 1. The second-order valence-electron chi connectivity index (χ2n) is 4.17. The lowest BCUT2D eigenvalue weighted by atomic mass is 10.2. The first kappa shape index (κ1) is 12.5. The average molecular weight is 245 g/mol. The number of rotatable bonds is 3. The summed E-state index contributed by atoms with van der Waals surface area (Å²) in [6.45, 7) is 2.36. The van der Waals surface area contributed by atoms with Crippen molar-refractivity contribution in [3.05, 3.63) is 53.5 Å². The third kappa shape index (κ3) is 2.49. The number of nitrogens with zero attached hydrogens (tertiary/aromatic N) is 2. The second kappa shape index (κ2) is 5.14. The molecule has 0 atom stereocenters. The fourth-order valence-electron chi connectivity index (χ4n) is 1.81. The number of aryl methyl sites for hydroxylation is 1. The topological polar surface area (TPSA) is 42.1 Å². The van der Waals surface area contributed by atoms with Crippen molar-refractivity contribution in [1.29, 1.82) is 0 Å². The van der Waals surface area contributed by atoms with Gasteiger partial charge in [-0.2, -0.15) is 0 Å². The Kier molecular flexibility index (Phi) is 3.58. The van der Waals surface area contributed by atoms with Crippen LogP contribution in [0, 0.1) is 12.7 Å². The maximum absolute atomic E-state index is 12.9. The maximum Gasteiger partial charge on any atom is 0.137 e. The van der Waals surface area contributed by atoms with Gasteiger partial charge < -0.3 is 10.6 Å². The normalized spacial score (nSPS) is 10.4. The van der Waals surface area contributed by atoms with Gasteiger partial charge in [0, 0.05) is 30.5 Å². The lowest BCUT2D eigenvalue weighted by Gasteiger charge is -2.21. The van der Waals surface area contributed by atoms with Gasteiger partial charge in [-0.1, -0.05) is 6.07 Å². The van der Waals surface area contributed by atoms with Crippen LogP contribution in [0.5, 0.6) is 0 Å². The molecule has 0 aliphatic heterocycles. The molecule has 2 aromatic rings. The minimum atomic E-state index is -0.247. The molecule has 0 bridgehead atoms. The van der Waals surface area contributed by atoms with Crippen LogP contribution in [0.15, 0.2) is 36.4 Å². The van der Waals surface area contributed by atoms with Crippen LogP contribution in [0.2, 0.25) is 0 Å². The van der Waals surface area contributed by atoms with Crippen molar-refractivity contribution in [2.45, 2.75) is 13.5 Å². The average Bonchev–Trinajstić information content (AvgIpc) is 2.39. The molecule has 2 rings (SSSR count). The van der Waals surface area contributed by atoms with Crippen LogP contribution in [0.4, 0.5) is 15.9 Å². The maximum atomic E-state index is 12.9. The van der Waals surface area contributed by atoms with Crippen LogP contribution in [-0.4, -0.2) is 12.0 Å². The van der Waals surface area contributed by atoms with E-state index in [2.05, 4.69) is 4.98 Å². The van der Waals surface area contributed by atoms with Crippen molar-refractivity contribution in [1.82, 2.24) is 4.98 Å². The van der Waals surface area contributed by atoms with E-state index in [0.717, 1.165) is 22.8 Å². The molecule has 4 heteroatoms. The summed E-state index contributed by atoms with van der Waals surface area (Å²) < 4.78 is 12.9. The molecule has 0 amide bonds. The van der Waals surface area contributed by atoms with E-state index in [4.69, 9.17) is 5.73 Å². The molecular weight excluding hydrogens is 229 g/mol. The summed E-state index contributed by atoms with van der Waals surface area (Å²) >= 11 is 0. The van der Waals surface area contributed by atoms with Gasteiger partial charge in [-0.15, -0.1) is 0 Å². The molecule has 0 aliphatic carbocycles.